The standard InChI is InChI=1S/C34H37Cl2FN2OS/c1-4-19-34(3)21-28(25-9-8-10-27(36)20-25)32(24-15-17-26(35)18-16-24)39(33(34)40)31(23-13-14-23)22-38(41-5-2)30-12-7-6-11-29(30)37/h4,6-12,15-18,20,23,28,31-32H,1,5,13-14,19,21-22H2,2-3H3/t28-,31?,32-,34+/m1/s1. The summed E-state index contributed by atoms with van der Waals surface area (Å²) in [7, 11) is 0. The molecule has 1 unspecified atom stereocenters. The van der Waals surface area contributed by atoms with Crippen molar-refractivity contribution < 1.29 is 9.18 Å². The first-order valence-electron chi connectivity index (χ1n) is 14.3. The van der Waals surface area contributed by atoms with Crippen LogP contribution in [0.15, 0.2) is 85.5 Å². The maximum Gasteiger partial charge on any atom is 0.229 e. The highest BCUT2D eigenvalue weighted by molar-refractivity contribution is 8.00. The highest BCUT2D eigenvalue weighted by Crippen LogP contribution is 2.54. The predicted molar refractivity (Wildman–Crippen MR) is 171 cm³/mol. The zero-order valence-corrected chi connectivity index (χ0v) is 25.9. The molecule has 1 saturated heterocycles. The van der Waals surface area contributed by atoms with Gasteiger partial charge in [0.1, 0.15) is 5.82 Å². The third kappa shape index (κ3) is 6.48. The van der Waals surface area contributed by atoms with Crippen LogP contribution in [-0.2, 0) is 4.79 Å². The van der Waals surface area contributed by atoms with Gasteiger partial charge in [-0.05, 0) is 79.1 Å². The molecule has 1 saturated carbocycles. The quantitative estimate of drug-likeness (QED) is 0.159. The van der Waals surface area contributed by atoms with Gasteiger partial charge in [0.25, 0.3) is 0 Å². The first-order chi connectivity index (χ1) is 19.8. The first-order valence-corrected chi connectivity index (χ1v) is 16.0. The Kier molecular flexibility index (Phi) is 9.37. The summed E-state index contributed by atoms with van der Waals surface area (Å²) < 4.78 is 17.2. The fraction of sp³-hybridized carbons (Fsp3) is 0.382. The van der Waals surface area contributed by atoms with Crippen LogP contribution in [0.25, 0.3) is 0 Å². The van der Waals surface area contributed by atoms with E-state index in [0.29, 0.717) is 41.0 Å². The van der Waals surface area contributed by atoms with Gasteiger partial charge in [-0.2, -0.15) is 0 Å². The molecule has 7 heteroatoms. The zero-order valence-electron chi connectivity index (χ0n) is 23.6. The Hall–Kier alpha value is -2.47. The van der Waals surface area contributed by atoms with Gasteiger partial charge >= 0.3 is 0 Å². The van der Waals surface area contributed by atoms with Crippen molar-refractivity contribution in [3.8, 4) is 0 Å². The van der Waals surface area contributed by atoms with Gasteiger partial charge in [-0.15, -0.1) is 6.58 Å². The van der Waals surface area contributed by atoms with Crippen LogP contribution in [0.1, 0.15) is 62.6 Å². The molecule has 3 aromatic rings. The van der Waals surface area contributed by atoms with E-state index in [1.54, 1.807) is 18.0 Å². The van der Waals surface area contributed by atoms with E-state index in [4.69, 9.17) is 23.2 Å². The summed E-state index contributed by atoms with van der Waals surface area (Å²) >= 11 is 14.5. The maximum atomic E-state index is 15.1. The molecule has 0 N–H and O–H groups in total. The zero-order chi connectivity index (χ0) is 29.1. The van der Waals surface area contributed by atoms with Crippen LogP contribution >= 0.6 is 35.1 Å². The van der Waals surface area contributed by atoms with E-state index >= 15 is 4.39 Å². The Morgan fingerprint density at radius 1 is 1.07 bits per heavy atom. The van der Waals surface area contributed by atoms with Gasteiger partial charge in [0, 0.05) is 21.7 Å². The molecule has 41 heavy (non-hydrogen) atoms. The minimum atomic E-state index is -0.633. The molecule has 2 fully saturated rings. The number of allylic oxidation sites excluding steroid dienone is 1. The second kappa shape index (κ2) is 12.8. The molecule has 1 amide bonds. The Balaban J connectivity index is 1.66. The molecule has 1 aliphatic heterocycles. The number of anilines is 1. The van der Waals surface area contributed by atoms with Gasteiger partial charge in [0.05, 0.1) is 29.7 Å². The smallest absolute Gasteiger partial charge is 0.229 e. The lowest BCUT2D eigenvalue weighted by atomic mass is 9.67. The van der Waals surface area contributed by atoms with E-state index in [9.17, 15) is 4.79 Å². The third-order valence-corrected chi connectivity index (χ3v) is 9.87. The van der Waals surface area contributed by atoms with Crippen molar-refractivity contribution in [1.82, 2.24) is 4.90 Å². The summed E-state index contributed by atoms with van der Waals surface area (Å²) in [5.41, 5.74) is 2.07. The number of halogens is 3. The molecular formula is C34H37Cl2FN2OS. The number of nitrogens with zero attached hydrogens (tertiary/aromatic N) is 2. The first kappa shape index (κ1) is 30.0. The third-order valence-electron chi connectivity index (χ3n) is 8.47. The molecule has 1 aliphatic carbocycles. The summed E-state index contributed by atoms with van der Waals surface area (Å²) in [6, 6.07) is 22.5. The van der Waals surface area contributed by atoms with Gasteiger partial charge in [0.15, 0.2) is 0 Å². The number of amides is 1. The van der Waals surface area contributed by atoms with E-state index in [1.807, 2.05) is 60.7 Å². The highest BCUT2D eigenvalue weighted by atomic mass is 35.5. The fourth-order valence-electron chi connectivity index (χ4n) is 6.40. The Morgan fingerprint density at radius 2 is 1.80 bits per heavy atom. The van der Waals surface area contributed by atoms with Gasteiger partial charge in [-0.25, -0.2) is 4.39 Å². The molecule has 216 valence electrons. The number of benzene rings is 3. The van der Waals surface area contributed by atoms with E-state index in [-0.39, 0.29) is 29.7 Å². The molecule has 3 aromatic carbocycles. The van der Waals surface area contributed by atoms with Crippen LogP contribution in [0.3, 0.4) is 0 Å². The average Bonchev–Trinajstić information content (AvgIpc) is 3.79. The lowest BCUT2D eigenvalue weighted by Gasteiger charge is -2.53. The van der Waals surface area contributed by atoms with Crippen LogP contribution in [0.5, 0.6) is 0 Å². The van der Waals surface area contributed by atoms with Crippen molar-refractivity contribution in [3.05, 3.63) is 112 Å². The van der Waals surface area contributed by atoms with E-state index < -0.39 is 5.41 Å². The average molecular weight is 612 g/mol. The molecule has 2 aliphatic rings. The molecule has 5 rings (SSSR count). The molecule has 0 radical (unpaired) electrons. The number of hydrogen-bond donors (Lipinski definition) is 0. The molecule has 0 bridgehead atoms. The molecule has 1 heterocycles. The topological polar surface area (TPSA) is 23.6 Å². The van der Waals surface area contributed by atoms with Gasteiger partial charge in [-0.3, -0.25) is 4.79 Å². The second-order valence-electron chi connectivity index (χ2n) is 11.5. The van der Waals surface area contributed by atoms with Crippen molar-refractivity contribution in [2.45, 2.75) is 57.5 Å². The maximum absolute atomic E-state index is 15.1. The minimum absolute atomic E-state index is 0.000449. The molecule has 3 nitrogen and oxygen atoms in total. The van der Waals surface area contributed by atoms with Gasteiger partial charge < -0.3 is 9.21 Å². The van der Waals surface area contributed by atoms with Crippen molar-refractivity contribution in [1.29, 1.82) is 0 Å². The summed E-state index contributed by atoms with van der Waals surface area (Å²) in [6.45, 7) is 8.69. The SMILES string of the molecule is C=CC[C@@]1(C)C[C@H](c2cccc(Cl)c2)[C@@H](c2ccc(Cl)cc2)N(C(CN(SCC)c2ccccc2F)C2CC2)C1=O. The highest BCUT2D eigenvalue weighted by Gasteiger charge is 2.53. The van der Waals surface area contributed by atoms with Crippen molar-refractivity contribution in [3.63, 3.8) is 0 Å². The number of carbonyl (C=O) groups excluding carboxylic acids is 1. The van der Waals surface area contributed by atoms with E-state index in [1.165, 1.54) is 6.07 Å². The van der Waals surface area contributed by atoms with Gasteiger partial charge in [0.2, 0.25) is 5.91 Å². The molecule has 4 atom stereocenters. The number of rotatable bonds is 11. The lowest BCUT2D eigenvalue weighted by Crippen LogP contribution is -2.58. The molecule has 0 aromatic heterocycles. The van der Waals surface area contributed by atoms with Gasteiger partial charge in [-0.1, -0.05) is 91.5 Å². The molecule has 0 spiro atoms. The predicted octanol–water partition coefficient (Wildman–Crippen LogP) is 9.73. The van der Waals surface area contributed by atoms with Crippen molar-refractivity contribution in [2.75, 3.05) is 16.6 Å². The summed E-state index contributed by atoms with van der Waals surface area (Å²) in [5, 5.41) is 1.33. The number of carbonyl (C=O) groups is 1. The number of para-hydroxylation sites is 1. The largest absolute Gasteiger partial charge is 0.329 e. The Labute approximate surface area is 257 Å². The number of likely N-dealkylation sites (tertiary alicyclic amines) is 1. The Bertz CT molecular complexity index is 1380. The Morgan fingerprint density at radius 3 is 2.44 bits per heavy atom. The van der Waals surface area contributed by atoms with Crippen LogP contribution in [0.2, 0.25) is 10.0 Å². The fourth-order valence-corrected chi connectivity index (χ4v) is 7.58. The van der Waals surface area contributed by atoms with Crippen LogP contribution in [0.4, 0.5) is 10.1 Å². The van der Waals surface area contributed by atoms with Crippen LogP contribution < -0.4 is 4.31 Å². The van der Waals surface area contributed by atoms with Crippen molar-refractivity contribution >= 4 is 46.7 Å². The normalized spacial score (nSPS) is 23.3. The lowest BCUT2D eigenvalue weighted by molar-refractivity contribution is -0.154. The van der Waals surface area contributed by atoms with E-state index in [0.717, 1.165) is 29.7 Å². The number of piperidine rings is 1. The summed E-state index contributed by atoms with van der Waals surface area (Å²) in [5.74, 6) is 1.00. The van der Waals surface area contributed by atoms with Crippen LogP contribution in [0, 0.1) is 17.2 Å². The summed E-state index contributed by atoms with van der Waals surface area (Å²) in [6.07, 6.45) is 5.19. The number of hydrogen-bond acceptors (Lipinski definition) is 3. The molecular weight excluding hydrogens is 574 g/mol. The van der Waals surface area contributed by atoms with E-state index in [2.05, 4.69) is 35.7 Å². The summed E-state index contributed by atoms with van der Waals surface area (Å²) in [4.78, 5) is 16.9. The van der Waals surface area contributed by atoms with Crippen LogP contribution in [-0.4, -0.2) is 29.1 Å². The second-order valence-corrected chi connectivity index (χ2v) is 13.6. The monoisotopic (exact) mass is 610 g/mol. The van der Waals surface area contributed by atoms with Crippen molar-refractivity contribution in [2.24, 2.45) is 11.3 Å². The minimum Gasteiger partial charge on any atom is -0.329 e.